The third-order valence-electron chi connectivity index (χ3n) is 4.24. The Hall–Kier alpha value is -1.10. The normalized spacial score (nSPS) is 26.2. The summed E-state index contributed by atoms with van der Waals surface area (Å²) in [7, 11) is 0. The summed E-state index contributed by atoms with van der Waals surface area (Å²) in [5.74, 6) is 0.220. The molecular formula is C14H25N3O2. The molecule has 0 spiro atoms. The van der Waals surface area contributed by atoms with Gasteiger partial charge < -0.3 is 15.5 Å². The van der Waals surface area contributed by atoms with Crippen LogP contribution in [0.1, 0.15) is 39.5 Å². The summed E-state index contributed by atoms with van der Waals surface area (Å²) in [5, 5.41) is 6.15. The van der Waals surface area contributed by atoms with Crippen LogP contribution >= 0.6 is 0 Å². The topological polar surface area (TPSA) is 61.4 Å². The number of nitrogens with zero attached hydrogens (tertiary/aromatic N) is 1. The van der Waals surface area contributed by atoms with Crippen LogP contribution in [0.2, 0.25) is 0 Å². The summed E-state index contributed by atoms with van der Waals surface area (Å²) in [6, 6.07) is -0.208. The molecule has 108 valence electrons. The molecule has 1 aliphatic heterocycles. The molecule has 19 heavy (non-hydrogen) atoms. The standard InChI is InChI=1S/C14H25N3O2/c1-10-9-15-7-8-17(10)14(19)11(2)16-13(18)12-5-3-4-6-12/h10-12,15H,3-9H2,1-2H3,(H,16,18)/t10-,11?/m0/s1. The van der Waals surface area contributed by atoms with Crippen LogP contribution in [0, 0.1) is 5.92 Å². The zero-order valence-electron chi connectivity index (χ0n) is 11.9. The molecule has 2 N–H and O–H groups in total. The average Bonchev–Trinajstić information content (AvgIpc) is 2.92. The zero-order chi connectivity index (χ0) is 13.8. The van der Waals surface area contributed by atoms with Crippen LogP contribution in [0.5, 0.6) is 0 Å². The highest BCUT2D eigenvalue weighted by Crippen LogP contribution is 2.24. The van der Waals surface area contributed by atoms with Gasteiger partial charge in [0.15, 0.2) is 0 Å². The highest BCUT2D eigenvalue weighted by molar-refractivity contribution is 5.88. The molecular weight excluding hydrogens is 242 g/mol. The Kier molecular flexibility index (Phi) is 4.80. The first-order chi connectivity index (χ1) is 9.09. The molecule has 2 amide bonds. The maximum Gasteiger partial charge on any atom is 0.245 e. The van der Waals surface area contributed by atoms with Crippen LogP contribution in [0.15, 0.2) is 0 Å². The molecule has 0 radical (unpaired) electrons. The molecule has 1 saturated carbocycles. The van der Waals surface area contributed by atoms with E-state index in [-0.39, 0.29) is 23.8 Å². The van der Waals surface area contributed by atoms with Crippen LogP contribution in [-0.4, -0.2) is 48.4 Å². The molecule has 2 rings (SSSR count). The Morgan fingerprint density at radius 3 is 2.63 bits per heavy atom. The van der Waals surface area contributed by atoms with Gasteiger partial charge in [-0.1, -0.05) is 12.8 Å². The second-order valence-electron chi connectivity index (χ2n) is 5.80. The summed E-state index contributed by atoms with van der Waals surface area (Å²) in [6.07, 6.45) is 4.21. The number of amides is 2. The summed E-state index contributed by atoms with van der Waals surface area (Å²) in [6.45, 7) is 6.22. The monoisotopic (exact) mass is 267 g/mol. The van der Waals surface area contributed by atoms with Crippen molar-refractivity contribution in [1.82, 2.24) is 15.5 Å². The molecule has 1 unspecified atom stereocenters. The molecule has 1 heterocycles. The molecule has 5 heteroatoms. The molecule has 2 fully saturated rings. The SMILES string of the molecule is CC(NC(=O)C1CCCC1)C(=O)N1CCNC[C@@H]1C. The second kappa shape index (κ2) is 6.37. The van der Waals surface area contributed by atoms with Crippen LogP contribution < -0.4 is 10.6 Å². The summed E-state index contributed by atoms with van der Waals surface area (Å²) >= 11 is 0. The lowest BCUT2D eigenvalue weighted by atomic mass is 10.1. The van der Waals surface area contributed by atoms with E-state index in [4.69, 9.17) is 0 Å². The lowest BCUT2D eigenvalue weighted by molar-refractivity contribution is -0.139. The van der Waals surface area contributed by atoms with Gasteiger partial charge in [-0.25, -0.2) is 0 Å². The van der Waals surface area contributed by atoms with Gasteiger partial charge in [-0.3, -0.25) is 9.59 Å². The van der Waals surface area contributed by atoms with Crippen molar-refractivity contribution < 1.29 is 9.59 Å². The minimum Gasteiger partial charge on any atom is -0.344 e. The van der Waals surface area contributed by atoms with Crippen molar-refractivity contribution in [3.05, 3.63) is 0 Å². The summed E-state index contributed by atoms with van der Waals surface area (Å²) in [4.78, 5) is 26.2. The van der Waals surface area contributed by atoms with E-state index in [1.54, 1.807) is 6.92 Å². The number of nitrogens with one attached hydrogen (secondary N) is 2. The average molecular weight is 267 g/mol. The largest absolute Gasteiger partial charge is 0.344 e. The lowest BCUT2D eigenvalue weighted by Crippen LogP contribution is -2.57. The lowest BCUT2D eigenvalue weighted by Gasteiger charge is -2.35. The van der Waals surface area contributed by atoms with Gasteiger partial charge in [0.1, 0.15) is 6.04 Å². The molecule has 5 nitrogen and oxygen atoms in total. The van der Waals surface area contributed by atoms with E-state index in [0.29, 0.717) is 0 Å². The van der Waals surface area contributed by atoms with E-state index in [0.717, 1.165) is 45.3 Å². The smallest absolute Gasteiger partial charge is 0.245 e. The van der Waals surface area contributed by atoms with Crippen molar-refractivity contribution in [1.29, 1.82) is 0 Å². The van der Waals surface area contributed by atoms with Crippen LogP contribution in [0.25, 0.3) is 0 Å². The Bertz CT molecular complexity index is 340. The minimum atomic E-state index is -0.409. The number of carbonyl (C=O) groups is 2. The Morgan fingerprint density at radius 1 is 1.32 bits per heavy atom. The first-order valence-electron chi connectivity index (χ1n) is 7.41. The summed E-state index contributed by atoms with van der Waals surface area (Å²) < 4.78 is 0. The van der Waals surface area contributed by atoms with Crippen molar-refractivity contribution >= 4 is 11.8 Å². The molecule has 0 aromatic carbocycles. The second-order valence-corrected chi connectivity index (χ2v) is 5.80. The van der Waals surface area contributed by atoms with Crippen molar-refractivity contribution in [3.63, 3.8) is 0 Å². The molecule has 0 bridgehead atoms. The van der Waals surface area contributed by atoms with Gasteiger partial charge in [0, 0.05) is 31.6 Å². The third-order valence-corrected chi connectivity index (χ3v) is 4.24. The predicted molar refractivity (Wildman–Crippen MR) is 73.6 cm³/mol. The van der Waals surface area contributed by atoms with Crippen LogP contribution in [0.3, 0.4) is 0 Å². The van der Waals surface area contributed by atoms with E-state index in [1.165, 1.54) is 0 Å². The van der Waals surface area contributed by atoms with Gasteiger partial charge in [0.25, 0.3) is 0 Å². The van der Waals surface area contributed by atoms with Gasteiger partial charge in [0.2, 0.25) is 11.8 Å². The van der Waals surface area contributed by atoms with Crippen LogP contribution in [0.4, 0.5) is 0 Å². The van der Waals surface area contributed by atoms with E-state index in [9.17, 15) is 9.59 Å². The quantitative estimate of drug-likeness (QED) is 0.783. The van der Waals surface area contributed by atoms with Crippen molar-refractivity contribution in [2.24, 2.45) is 5.92 Å². The number of rotatable bonds is 3. The van der Waals surface area contributed by atoms with Gasteiger partial charge in [-0.05, 0) is 26.7 Å². The maximum atomic E-state index is 12.3. The molecule has 0 aromatic rings. The predicted octanol–water partition coefficient (Wildman–Crippen LogP) is 0.502. The van der Waals surface area contributed by atoms with Crippen LogP contribution in [-0.2, 0) is 9.59 Å². The third kappa shape index (κ3) is 3.47. The minimum absolute atomic E-state index is 0.0420. The molecule has 2 aliphatic rings. The van der Waals surface area contributed by atoms with Crippen molar-refractivity contribution in [3.8, 4) is 0 Å². The van der Waals surface area contributed by atoms with Crippen molar-refractivity contribution in [2.75, 3.05) is 19.6 Å². The van der Waals surface area contributed by atoms with Gasteiger partial charge in [0.05, 0.1) is 0 Å². The fourth-order valence-electron chi connectivity index (χ4n) is 3.00. The van der Waals surface area contributed by atoms with E-state index in [1.807, 2.05) is 11.8 Å². The fourth-order valence-corrected chi connectivity index (χ4v) is 3.00. The highest BCUT2D eigenvalue weighted by Gasteiger charge is 2.30. The maximum absolute atomic E-state index is 12.3. The number of hydrogen-bond donors (Lipinski definition) is 2. The Balaban J connectivity index is 1.85. The first kappa shape index (κ1) is 14.3. The van der Waals surface area contributed by atoms with Crippen molar-refractivity contribution in [2.45, 2.75) is 51.6 Å². The van der Waals surface area contributed by atoms with Gasteiger partial charge >= 0.3 is 0 Å². The van der Waals surface area contributed by atoms with E-state index >= 15 is 0 Å². The van der Waals surface area contributed by atoms with E-state index in [2.05, 4.69) is 10.6 Å². The molecule has 1 saturated heterocycles. The Labute approximate surface area is 115 Å². The highest BCUT2D eigenvalue weighted by atomic mass is 16.2. The number of carbonyl (C=O) groups excluding carboxylic acids is 2. The molecule has 2 atom stereocenters. The molecule has 0 aromatic heterocycles. The molecule has 1 aliphatic carbocycles. The number of hydrogen-bond acceptors (Lipinski definition) is 3. The van der Waals surface area contributed by atoms with E-state index < -0.39 is 6.04 Å². The first-order valence-corrected chi connectivity index (χ1v) is 7.41. The number of piperazine rings is 1. The zero-order valence-corrected chi connectivity index (χ0v) is 11.9. The van der Waals surface area contributed by atoms with Gasteiger partial charge in [-0.15, -0.1) is 0 Å². The fraction of sp³-hybridized carbons (Fsp3) is 0.857. The Morgan fingerprint density at radius 2 is 2.00 bits per heavy atom. The summed E-state index contributed by atoms with van der Waals surface area (Å²) in [5.41, 5.74) is 0. The van der Waals surface area contributed by atoms with Gasteiger partial charge in [-0.2, -0.15) is 0 Å².